The van der Waals surface area contributed by atoms with Crippen LogP contribution in [0.25, 0.3) is 0 Å². The van der Waals surface area contributed by atoms with Gasteiger partial charge in [-0.2, -0.15) is 0 Å². The molecule has 2 aromatic rings. The van der Waals surface area contributed by atoms with Crippen LogP contribution >= 0.6 is 0 Å². The summed E-state index contributed by atoms with van der Waals surface area (Å²) in [5, 5.41) is 2.62. The van der Waals surface area contributed by atoms with Crippen LogP contribution in [0.1, 0.15) is 28.4 Å². The van der Waals surface area contributed by atoms with E-state index in [4.69, 9.17) is 4.74 Å². The molecule has 0 bridgehead atoms. The van der Waals surface area contributed by atoms with Crippen molar-refractivity contribution in [1.82, 2.24) is 4.90 Å². The fourth-order valence-electron chi connectivity index (χ4n) is 2.90. The number of anilines is 1. The number of esters is 1. The third kappa shape index (κ3) is 4.27. The quantitative estimate of drug-likeness (QED) is 0.858. The van der Waals surface area contributed by atoms with E-state index < -0.39 is 5.97 Å². The zero-order valence-electron chi connectivity index (χ0n) is 14.5. The van der Waals surface area contributed by atoms with Gasteiger partial charge in [0.2, 0.25) is 5.91 Å². The monoisotopic (exact) mass is 352 g/mol. The standard InChI is InChI=1S/C20H20N2O4/c1-14(23)21-18-8-6-16(7-9-18)20(25)26-13-19(24)22-11-10-15-4-2-3-5-17(15)12-22/h2-9H,10-13H2,1H3,(H,21,23). The molecule has 1 heterocycles. The Bertz CT molecular complexity index is 830. The molecule has 1 N–H and O–H groups in total. The van der Waals surface area contributed by atoms with E-state index in [1.165, 1.54) is 12.5 Å². The van der Waals surface area contributed by atoms with Gasteiger partial charge < -0.3 is 15.0 Å². The predicted octanol–water partition coefficient (Wildman–Crippen LogP) is 2.39. The van der Waals surface area contributed by atoms with Gasteiger partial charge in [0, 0.05) is 25.7 Å². The zero-order chi connectivity index (χ0) is 18.5. The highest BCUT2D eigenvalue weighted by Crippen LogP contribution is 2.18. The minimum Gasteiger partial charge on any atom is -0.452 e. The van der Waals surface area contributed by atoms with E-state index in [-0.39, 0.29) is 18.4 Å². The smallest absolute Gasteiger partial charge is 0.338 e. The molecule has 0 spiro atoms. The van der Waals surface area contributed by atoms with Crippen LogP contribution in [0.3, 0.4) is 0 Å². The zero-order valence-corrected chi connectivity index (χ0v) is 14.5. The van der Waals surface area contributed by atoms with E-state index in [1.54, 1.807) is 29.2 Å². The van der Waals surface area contributed by atoms with Gasteiger partial charge in [-0.05, 0) is 41.8 Å². The van der Waals surface area contributed by atoms with Gasteiger partial charge in [-0.15, -0.1) is 0 Å². The number of nitrogens with one attached hydrogen (secondary N) is 1. The van der Waals surface area contributed by atoms with Gasteiger partial charge in [0.1, 0.15) is 0 Å². The minimum absolute atomic E-state index is 0.186. The maximum Gasteiger partial charge on any atom is 0.338 e. The number of carbonyl (C=O) groups is 3. The first kappa shape index (κ1) is 17.7. The molecule has 1 aliphatic rings. The van der Waals surface area contributed by atoms with Crippen molar-refractivity contribution in [2.75, 3.05) is 18.5 Å². The lowest BCUT2D eigenvalue weighted by Crippen LogP contribution is -2.38. The summed E-state index contributed by atoms with van der Waals surface area (Å²) in [7, 11) is 0. The number of amides is 2. The lowest BCUT2D eigenvalue weighted by atomic mass is 10.00. The molecule has 0 aromatic heterocycles. The molecule has 0 atom stereocenters. The summed E-state index contributed by atoms with van der Waals surface area (Å²) in [5.41, 5.74) is 3.31. The van der Waals surface area contributed by atoms with E-state index in [2.05, 4.69) is 11.4 Å². The summed E-state index contributed by atoms with van der Waals surface area (Å²) >= 11 is 0. The third-order valence-electron chi connectivity index (χ3n) is 4.25. The lowest BCUT2D eigenvalue weighted by molar-refractivity contribution is -0.135. The van der Waals surface area contributed by atoms with Gasteiger partial charge in [-0.3, -0.25) is 9.59 Å². The Morgan fingerprint density at radius 3 is 2.42 bits per heavy atom. The summed E-state index contributed by atoms with van der Waals surface area (Å²) in [6.07, 6.45) is 0.806. The van der Waals surface area contributed by atoms with E-state index in [0.717, 1.165) is 12.0 Å². The minimum atomic E-state index is -0.565. The maximum atomic E-state index is 12.3. The molecule has 26 heavy (non-hydrogen) atoms. The Kier molecular flexibility index (Phi) is 5.31. The molecule has 2 aromatic carbocycles. The van der Waals surface area contributed by atoms with Crippen LogP contribution in [-0.2, 0) is 27.3 Å². The molecule has 134 valence electrons. The molecule has 6 heteroatoms. The SMILES string of the molecule is CC(=O)Nc1ccc(C(=O)OCC(=O)N2CCc3ccccc3C2)cc1. The average Bonchev–Trinajstić information content (AvgIpc) is 2.65. The molecule has 2 amide bonds. The Morgan fingerprint density at radius 1 is 1.04 bits per heavy atom. The number of benzene rings is 2. The first-order valence-electron chi connectivity index (χ1n) is 8.42. The number of carbonyl (C=O) groups excluding carboxylic acids is 3. The fraction of sp³-hybridized carbons (Fsp3) is 0.250. The van der Waals surface area contributed by atoms with Crippen LogP contribution in [0.5, 0.6) is 0 Å². The third-order valence-corrected chi connectivity index (χ3v) is 4.25. The van der Waals surface area contributed by atoms with E-state index >= 15 is 0 Å². The molecule has 0 radical (unpaired) electrons. The van der Waals surface area contributed by atoms with Crippen LogP contribution < -0.4 is 5.32 Å². The van der Waals surface area contributed by atoms with Gasteiger partial charge in [0.15, 0.2) is 6.61 Å². The van der Waals surface area contributed by atoms with Crippen molar-refractivity contribution in [3.05, 3.63) is 65.2 Å². The first-order chi connectivity index (χ1) is 12.5. The second kappa shape index (κ2) is 7.82. The molecular weight excluding hydrogens is 332 g/mol. The molecular formula is C20H20N2O4. The van der Waals surface area contributed by atoms with Crippen molar-refractivity contribution in [3.63, 3.8) is 0 Å². The van der Waals surface area contributed by atoms with E-state index in [0.29, 0.717) is 24.3 Å². The van der Waals surface area contributed by atoms with Crippen molar-refractivity contribution < 1.29 is 19.1 Å². The summed E-state index contributed by atoms with van der Waals surface area (Å²) < 4.78 is 5.13. The van der Waals surface area contributed by atoms with Crippen LogP contribution in [-0.4, -0.2) is 35.8 Å². The largest absolute Gasteiger partial charge is 0.452 e. The normalized spacial score (nSPS) is 12.9. The fourth-order valence-corrected chi connectivity index (χ4v) is 2.90. The Morgan fingerprint density at radius 2 is 1.73 bits per heavy atom. The summed E-state index contributed by atoms with van der Waals surface area (Å²) in [6, 6.07) is 14.4. The van der Waals surface area contributed by atoms with Crippen LogP contribution in [0.2, 0.25) is 0 Å². The maximum absolute atomic E-state index is 12.3. The van der Waals surface area contributed by atoms with Gasteiger partial charge in [0.25, 0.3) is 5.91 Å². The van der Waals surface area contributed by atoms with Crippen LogP contribution in [0.4, 0.5) is 5.69 Å². The predicted molar refractivity (Wildman–Crippen MR) is 96.6 cm³/mol. The number of ether oxygens (including phenoxy) is 1. The van der Waals surface area contributed by atoms with Crippen molar-refractivity contribution in [3.8, 4) is 0 Å². The molecule has 3 rings (SSSR count). The highest BCUT2D eigenvalue weighted by atomic mass is 16.5. The molecule has 0 saturated carbocycles. The number of fused-ring (bicyclic) bond motifs is 1. The lowest BCUT2D eigenvalue weighted by Gasteiger charge is -2.28. The van der Waals surface area contributed by atoms with Crippen LogP contribution in [0, 0.1) is 0 Å². The van der Waals surface area contributed by atoms with Crippen molar-refractivity contribution >= 4 is 23.5 Å². The van der Waals surface area contributed by atoms with Gasteiger partial charge in [-0.1, -0.05) is 24.3 Å². The number of hydrogen-bond donors (Lipinski definition) is 1. The topological polar surface area (TPSA) is 75.7 Å². The molecule has 0 unspecified atom stereocenters. The second-order valence-electron chi connectivity index (χ2n) is 6.17. The van der Waals surface area contributed by atoms with E-state index in [1.807, 2.05) is 18.2 Å². The summed E-state index contributed by atoms with van der Waals surface area (Å²) in [5.74, 6) is -0.957. The Hall–Kier alpha value is -3.15. The highest BCUT2D eigenvalue weighted by Gasteiger charge is 2.21. The number of nitrogens with zero attached hydrogens (tertiary/aromatic N) is 1. The number of hydrogen-bond acceptors (Lipinski definition) is 4. The summed E-state index contributed by atoms with van der Waals surface area (Å²) in [4.78, 5) is 37.1. The summed E-state index contributed by atoms with van der Waals surface area (Å²) in [6.45, 7) is 2.29. The van der Waals surface area contributed by atoms with Gasteiger partial charge in [-0.25, -0.2) is 4.79 Å². The molecule has 0 saturated heterocycles. The number of rotatable bonds is 4. The molecule has 0 fully saturated rings. The van der Waals surface area contributed by atoms with Crippen LogP contribution in [0.15, 0.2) is 48.5 Å². The van der Waals surface area contributed by atoms with Crippen molar-refractivity contribution in [2.45, 2.75) is 19.9 Å². The van der Waals surface area contributed by atoms with Gasteiger partial charge in [0.05, 0.1) is 5.56 Å². The van der Waals surface area contributed by atoms with Crippen molar-refractivity contribution in [2.24, 2.45) is 0 Å². The first-order valence-corrected chi connectivity index (χ1v) is 8.42. The molecule has 6 nitrogen and oxygen atoms in total. The Balaban J connectivity index is 1.53. The Labute approximate surface area is 151 Å². The van der Waals surface area contributed by atoms with E-state index in [9.17, 15) is 14.4 Å². The average molecular weight is 352 g/mol. The van der Waals surface area contributed by atoms with Crippen molar-refractivity contribution in [1.29, 1.82) is 0 Å². The second-order valence-corrected chi connectivity index (χ2v) is 6.17. The highest BCUT2D eigenvalue weighted by molar-refractivity contribution is 5.93. The molecule has 0 aliphatic carbocycles. The van der Waals surface area contributed by atoms with Gasteiger partial charge >= 0.3 is 5.97 Å². The molecule has 1 aliphatic heterocycles.